The second-order valence-electron chi connectivity index (χ2n) is 4.23. The number of fused-ring (bicyclic) bond motifs is 1. The molecule has 3 rings (SSSR count). The monoisotopic (exact) mass is 251 g/mol. The van der Waals surface area contributed by atoms with E-state index in [-0.39, 0.29) is 6.04 Å². The molecule has 0 aromatic heterocycles. The van der Waals surface area contributed by atoms with E-state index >= 15 is 0 Å². The number of hydrogen-bond donors (Lipinski definition) is 2. The fourth-order valence-electron chi connectivity index (χ4n) is 2.16. The summed E-state index contributed by atoms with van der Waals surface area (Å²) < 4.78 is 26.2. The van der Waals surface area contributed by atoms with Gasteiger partial charge in [0.05, 0.1) is 10.9 Å². The van der Waals surface area contributed by atoms with Crippen LogP contribution < -0.4 is 10.0 Å². The van der Waals surface area contributed by atoms with Gasteiger partial charge < -0.3 is 5.32 Å². The van der Waals surface area contributed by atoms with Gasteiger partial charge in [-0.05, 0) is 25.1 Å². The average molecular weight is 251 g/mol. The molecule has 0 spiro atoms. The van der Waals surface area contributed by atoms with Crippen LogP contribution in [0.2, 0.25) is 0 Å². The molecule has 17 heavy (non-hydrogen) atoms. The smallest absolute Gasteiger partial charge is 0.263 e. The number of benzene rings is 1. The molecule has 0 unspecified atom stereocenters. The van der Waals surface area contributed by atoms with E-state index in [2.05, 4.69) is 15.0 Å². The maximum absolute atomic E-state index is 11.8. The molecular weight excluding hydrogens is 238 g/mol. The standard InChI is InChI=1S/C11H13N3O2S/c15-17(16)10-4-2-1-3-9(10)11(14-17)13-8-5-6-12-7-8/h1-4,8,12H,5-7H2,(H,13,14)/t8-/m1/s1. The summed E-state index contributed by atoms with van der Waals surface area (Å²) in [5.74, 6) is 0.481. The van der Waals surface area contributed by atoms with Crippen LogP contribution in [0, 0.1) is 0 Å². The van der Waals surface area contributed by atoms with Crippen molar-refractivity contribution in [2.75, 3.05) is 13.1 Å². The Balaban J connectivity index is 2.04. The van der Waals surface area contributed by atoms with Crippen molar-refractivity contribution in [3.8, 4) is 0 Å². The predicted octanol–water partition coefficient (Wildman–Crippen LogP) is 0.0870. The lowest BCUT2D eigenvalue weighted by atomic mass is 10.2. The van der Waals surface area contributed by atoms with Gasteiger partial charge in [0.15, 0.2) is 0 Å². The van der Waals surface area contributed by atoms with Crippen molar-refractivity contribution >= 4 is 15.9 Å². The van der Waals surface area contributed by atoms with Crippen LogP contribution in [-0.2, 0) is 10.0 Å². The van der Waals surface area contributed by atoms with E-state index in [9.17, 15) is 8.42 Å². The van der Waals surface area contributed by atoms with Gasteiger partial charge in [-0.25, -0.2) is 8.42 Å². The highest BCUT2D eigenvalue weighted by Crippen LogP contribution is 2.22. The molecule has 1 aromatic carbocycles. The lowest BCUT2D eigenvalue weighted by Gasteiger charge is -2.03. The molecule has 1 saturated heterocycles. The Hall–Kier alpha value is -1.40. The molecule has 90 valence electrons. The Morgan fingerprint density at radius 3 is 2.88 bits per heavy atom. The summed E-state index contributed by atoms with van der Waals surface area (Å²) in [6.45, 7) is 1.75. The number of sulfonamides is 1. The van der Waals surface area contributed by atoms with Gasteiger partial charge in [-0.2, -0.15) is 0 Å². The van der Waals surface area contributed by atoms with Gasteiger partial charge >= 0.3 is 0 Å². The summed E-state index contributed by atoms with van der Waals surface area (Å²) in [6, 6.07) is 7.10. The van der Waals surface area contributed by atoms with Crippen molar-refractivity contribution in [3.63, 3.8) is 0 Å². The van der Waals surface area contributed by atoms with Crippen LogP contribution in [0.1, 0.15) is 12.0 Å². The molecule has 0 bridgehead atoms. The number of hydrogen-bond acceptors (Lipinski definition) is 4. The Morgan fingerprint density at radius 1 is 1.29 bits per heavy atom. The molecule has 0 saturated carbocycles. The van der Waals surface area contributed by atoms with Crippen molar-refractivity contribution in [2.24, 2.45) is 4.99 Å². The quantitative estimate of drug-likeness (QED) is 0.743. The Bertz CT molecular complexity index is 574. The Morgan fingerprint density at radius 2 is 2.12 bits per heavy atom. The number of rotatable bonds is 1. The third-order valence-corrected chi connectivity index (χ3v) is 4.41. The fraction of sp³-hybridized carbons (Fsp3) is 0.364. The summed E-state index contributed by atoms with van der Waals surface area (Å²) in [5.41, 5.74) is 0.680. The summed E-state index contributed by atoms with van der Waals surface area (Å²) >= 11 is 0. The molecule has 1 atom stereocenters. The maximum atomic E-state index is 11.8. The van der Waals surface area contributed by atoms with E-state index in [0.29, 0.717) is 16.3 Å². The minimum absolute atomic E-state index is 0.166. The first-order valence-corrected chi connectivity index (χ1v) is 7.06. The molecule has 2 N–H and O–H groups in total. The first kappa shape index (κ1) is 10.7. The third-order valence-electron chi connectivity index (χ3n) is 3.01. The van der Waals surface area contributed by atoms with Crippen molar-refractivity contribution in [3.05, 3.63) is 29.8 Å². The van der Waals surface area contributed by atoms with E-state index < -0.39 is 10.0 Å². The van der Waals surface area contributed by atoms with Gasteiger partial charge in [0.1, 0.15) is 5.84 Å². The van der Waals surface area contributed by atoms with E-state index in [0.717, 1.165) is 19.5 Å². The van der Waals surface area contributed by atoms with E-state index in [4.69, 9.17) is 0 Å². The molecule has 6 heteroatoms. The first-order valence-electron chi connectivity index (χ1n) is 5.57. The molecule has 0 aliphatic carbocycles. The molecule has 0 amide bonds. The van der Waals surface area contributed by atoms with Crippen LogP contribution in [-0.4, -0.2) is 33.4 Å². The zero-order chi connectivity index (χ0) is 11.9. The maximum Gasteiger partial charge on any atom is 0.263 e. The summed E-state index contributed by atoms with van der Waals surface area (Å²) in [5, 5.41) is 3.21. The van der Waals surface area contributed by atoms with Crippen LogP contribution in [0.5, 0.6) is 0 Å². The molecule has 2 aliphatic heterocycles. The van der Waals surface area contributed by atoms with Crippen LogP contribution in [0.15, 0.2) is 34.2 Å². The number of nitrogens with zero attached hydrogens (tertiary/aromatic N) is 1. The highest BCUT2D eigenvalue weighted by molar-refractivity contribution is 7.90. The summed E-state index contributed by atoms with van der Waals surface area (Å²) in [6.07, 6.45) is 0.952. The first-order chi connectivity index (χ1) is 8.17. The highest BCUT2D eigenvalue weighted by Gasteiger charge is 2.31. The van der Waals surface area contributed by atoms with Crippen LogP contribution in [0.25, 0.3) is 0 Å². The lowest BCUT2D eigenvalue weighted by molar-refractivity contribution is 0.595. The topological polar surface area (TPSA) is 70.6 Å². The SMILES string of the molecule is O=S1(=O)NC(=N[C@@H]2CCNC2)c2ccccc21. The summed E-state index contributed by atoms with van der Waals surface area (Å²) in [7, 11) is -3.40. The molecule has 5 nitrogen and oxygen atoms in total. The van der Waals surface area contributed by atoms with Gasteiger partial charge in [-0.3, -0.25) is 9.71 Å². The van der Waals surface area contributed by atoms with Gasteiger partial charge in [-0.15, -0.1) is 0 Å². The van der Waals surface area contributed by atoms with Crippen molar-refractivity contribution < 1.29 is 8.42 Å². The molecule has 1 aromatic rings. The zero-order valence-electron chi connectivity index (χ0n) is 9.18. The number of aliphatic imine (C=N–C) groups is 1. The normalized spacial score (nSPS) is 28.0. The fourth-order valence-corrected chi connectivity index (χ4v) is 3.40. The van der Waals surface area contributed by atoms with E-state index in [1.54, 1.807) is 18.2 Å². The Kier molecular flexibility index (Phi) is 2.41. The third kappa shape index (κ3) is 1.83. The number of nitrogens with one attached hydrogen (secondary N) is 2. The Labute approximate surface area is 100 Å². The molecule has 1 fully saturated rings. The van der Waals surface area contributed by atoms with E-state index in [1.807, 2.05) is 6.07 Å². The van der Waals surface area contributed by atoms with E-state index in [1.165, 1.54) is 0 Å². The minimum atomic E-state index is -3.40. The highest BCUT2D eigenvalue weighted by atomic mass is 32.2. The van der Waals surface area contributed by atoms with Gasteiger partial charge in [-0.1, -0.05) is 12.1 Å². The van der Waals surface area contributed by atoms with Crippen molar-refractivity contribution in [2.45, 2.75) is 17.4 Å². The lowest BCUT2D eigenvalue weighted by Crippen LogP contribution is -2.24. The predicted molar refractivity (Wildman–Crippen MR) is 64.6 cm³/mol. The van der Waals surface area contributed by atoms with Gasteiger partial charge in [0, 0.05) is 12.1 Å². The van der Waals surface area contributed by atoms with Crippen LogP contribution in [0.3, 0.4) is 0 Å². The minimum Gasteiger partial charge on any atom is -0.315 e. The average Bonchev–Trinajstić information content (AvgIpc) is 2.88. The van der Waals surface area contributed by atoms with Gasteiger partial charge in [0.2, 0.25) is 0 Å². The van der Waals surface area contributed by atoms with Crippen LogP contribution >= 0.6 is 0 Å². The zero-order valence-corrected chi connectivity index (χ0v) is 10.00. The largest absolute Gasteiger partial charge is 0.315 e. The van der Waals surface area contributed by atoms with Crippen LogP contribution in [0.4, 0.5) is 0 Å². The molecule has 2 aliphatic rings. The summed E-state index contributed by atoms with van der Waals surface area (Å²) in [4.78, 5) is 4.80. The molecule has 2 heterocycles. The van der Waals surface area contributed by atoms with Gasteiger partial charge in [0.25, 0.3) is 10.0 Å². The second-order valence-corrected chi connectivity index (χ2v) is 5.88. The molecular formula is C11H13N3O2S. The second kappa shape index (κ2) is 3.82. The number of amidine groups is 1. The van der Waals surface area contributed by atoms with Crippen molar-refractivity contribution in [1.82, 2.24) is 10.0 Å². The van der Waals surface area contributed by atoms with Crippen molar-refractivity contribution in [1.29, 1.82) is 0 Å². The molecule has 0 radical (unpaired) electrons.